The third-order valence-electron chi connectivity index (χ3n) is 3.78. The van der Waals surface area contributed by atoms with Crippen LogP contribution in [0.2, 0.25) is 5.02 Å². The molecule has 1 heterocycles. The molecule has 0 aliphatic carbocycles. The van der Waals surface area contributed by atoms with Gasteiger partial charge in [-0.25, -0.2) is 4.99 Å². The van der Waals surface area contributed by atoms with Crippen LogP contribution in [0.1, 0.15) is 5.56 Å². The number of fused-ring (bicyclic) bond motifs is 1. The smallest absolute Gasteiger partial charge is 0.264 e. The summed E-state index contributed by atoms with van der Waals surface area (Å²) < 4.78 is 0. The van der Waals surface area contributed by atoms with Gasteiger partial charge in [-0.1, -0.05) is 54.1 Å². The summed E-state index contributed by atoms with van der Waals surface area (Å²) in [6, 6.07) is 21.5. The van der Waals surface area contributed by atoms with Gasteiger partial charge >= 0.3 is 0 Å². The second kappa shape index (κ2) is 6.75. The molecule has 0 radical (unpaired) electrons. The number of carbonyl (C=O) groups is 1. The zero-order chi connectivity index (χ0) is 17.2. The third-order valence-corrected chi connectivity index (χ3v) is 4.94. The Morgan fingerprint density at radius 3 is 2.52 bits per heavy atom. The van der Waals surface area contributed by atoms with E-state index in [2.05, 4.69) is 16.4 Å². The maximum Gasteiger partial charge on any atom is 0.264 e. The second-order valence-electron chi connectivity index (χ2n) is 5.56. The van der Waals surface area contributed by atoms with Crippen molar-refractivity contribution in [3.63, 3.8) is 0 Å². The molecule has 25 heavy (non-hydrogen) atoms. The summed E-state index contributed by atoms with van der Waals surface area (Å²) in [4.78, 5) is 17.3. The van der Waals surface area contributed by atoms with Gasteiger partial charge in [0, 0.05) is 5.02 Å². The van der Waals surface area contributed by atoms with Gasteiger partial charge in [0.25, 0.3) is 5.91 Å². The van der Waals surface area contributed by atoms with Crippen molar-refractivity contribution in [2.24, 2.45) is 4.99 Å². The average molecular weight is 365 g/mol. The van der Waals surface area contributed by atoms with Crippen LogP contribution in [0.3, 0.4) is 0 Å². The summed E-state index contributed by atoms with van der Waals surface area (Å²) in [6.07, 6.45) is 1.83. The van der Waals surface area contributed by atoms with Gasteiger partial charge < -0.3 is 5.32 Å². The molecule has 1 N–H and O–H groups in total. The van der Waals surface area contributed by atoms with Crippen LogP contribution in [0.25, 0.3) is 16.8 Å². The lowest BCUT2D eigenvalue weighted by atomic mass is 10.1. The fourth-order valence-electron chi connectivity index (χ4n) is 2.55. The molecule has 3 aromatic rings. The van der Waals surface area contributed by atoms with Crippen molar-refractivity contribution in [2.75, 3.05) is 0 Å². The molecule has 5 heteroatoms. The van der Waals surface area contributed by atoms with Gasteiger partial charge in [0.1, 0.15) is 0 Å². The lowest BCUT2D eigenvalue weighted by Crippen LogP contribution is -2.19. The van der Waals surface area contributed by atoms with Crippen LogP contribution < -0.4 is 5.32 Å². The minimum atomic E-state index is -0.139. The van der Waals surface area contributed by atoms with Crippen LogP contribution in [0.5, 0.6) is 0 Å². The zero-order valence-electron chi connectivity index (χ0n) is 13.1. The van der Waals surface area contributed by atoms with E-state index in [9.17, 15) is 4.79 Å². The number of thioether (sulfide) groups is 1. The van der Waals surface area contributed by atoms with E-state index in [4.69, 9.17) is 11.6 Å². The highest BCUT2D eigenvalue weighted by molar-refractivity contribution is 8.18. The summed E-state index contributed by atoms with van der Waals surface area (Å²) in [5, 5.41) is 6.35. The molecule has 1 saturated heterocycles. The Balaban J connectivity index is 1.60. The van der Waals surface area contributed by atoms with Crippen molar-refractivity contribution >= 4 is 57.0 Å². The fourth-order valence-corrected chi connectivity index (χ4v) is 3.52. The topological polar surface area (TPSA) is 41.5 Å². The largest absolute Gasteiger partial charge is 0.300 e. The minimum Gasteiger partial charge on any atom is -0.300 e. The van der Waals surface area contributed by atoms with Crippen LogP contribution in [0.4, 0.5) is 5.69 Å². The fraction of sp³-hybridized carbons (Fsp3) is 0. The van der Waals surface area contributed by atoms with Crippen LogP contribution >= 0.6 is 23.4 Å². The van der Waals surface area contributed by atoms with Crippen molar-refractivity contribution in [3.05, 3.63) is 82.2 Å². The van der Waals surface area contributed by atoms with Crippen LogP contribution in [-0.4, -0.2) is 11.1 Å². The molecule has 1 aliphatic heterocycles. The Kier molecular flexibility index (Phi) is 4.30. The second-order valence-corrected chi connectivity index (χ2v) is 7.03. The van der Waals surface area contributed by atoms with E-state index in [1.807, 2.05) is 54.6 Å². The van der Waals surface area contributed by atoms with Crippen LogP contribution in [-0.2, 0) is 4.79 Å². The molecule has 1 fully saturated rings. The Morgan fingerprint density at radius 1 is 0.960 bits per heavy atom. The Hall–Kier alpha value is -2.56. The summed E-state index contributed by atoms with van der Waals surface area (Å²) in [6.45, 7) is 0. The molecule has 1 amide bonds. The predicted octanol–water partition coefficient (Wildman–Crippen LogP) is 5.38. The molecule has 0 aromatic heterocycles. The first-order chi connectivity index (χ1) is 12.2. The Labute approximate surface area is 154 Å². The lowest BCUT2D eigenvalue weighted by Gasteiger charge is -2.00. The van der Waals surface area contributed by atoms with Crippen molar-refractivity contribution in [1.29, 1.82) is 0 Å². The first-order valence-electron chi connectivity index (χ1n) is 7.71. The SMILES string of the molecule is O=C1NC(=Nc2ccc3ccccc3c2)S/C1=C/c1ccc(Cl)cc1. The predicted molar refractivity (Wildman–Crippen MR) is 106 cm³/mol. The number of hydrogen-bond acceptors (Lipinski definition) is 3. The molecule has 0 unspecified atom stereocenters. The molecule has 4 rings (SSSR count). The van der Waals surface area contributed by atoms with Gasteiger partial charge in [0.2, 0.25) is 0 Å². The normalized spacial score (nSPS) is 17.4. The summed E-state index contributed by atoms with van der Waals surface area (Å²) in [7, 11) is 0. The number of hydrogen-bond donors (Lipinski definition) is 1. The molecular weight excluding hydrogens is 352 g/mol. The van der Waals surface area contributed by atoms with E-state index in [1.54, 1.807) is 12.1 Å². The number of halogens is 1. The number of nitrogens with one attached hydrogen (secondary N) is 1. The Morgan fingerprint density at radius 2 is 1.72 bits per heavy atom. The maximum atomic E-state index is 12.2. The van der Waals surface area contributed by atoms with Crippen molar-refractivity contribution in [2.45, 2.75) is 0 Å². The van der Waals surface area contributed by atoms with E-state index >= 15 is 0 Å². The van der Waals surface area contributed by atoms with Gasteiger partial charge in [-0.15, -0.1) is 0 Å². The summed E-state index contributed by atoms with van der Waals surface area (Å²) in [5.41, 5.74) is 1.74. The number of benzene rings is 3. The molecular formula is C20H13ClN2OS. The number of aliphatic imine (C=N–C) groups is 1. The molecule has 3 nitrogen and oxygen atoms in total. The lowest BCUT2D eigenvalue weighted by molar-refractivity contribution is -0.115. The molecule has 0 spiro atoms. The molecule has 3 aromatic carbocycles. The first kappa shape index (κ1) is 15.9. The van der Waals surface area contributed by atoms with Crippen molar-refractivity contribution < 1.29 is 4.79 Å². The van der Waals surface area contributed by atoms with Gasteiger partial charge in [0.05, 0.1) is 10.6 Å². The number of rotatable bonds is 2. The van der Waals surface area contributed by atoms with Crippen LogP contribution in [0, 0.1) is 0 Å². The van der Waals surface area contributed by atoms with E-state index in [1.165, 1.54) is 11.8 Å². The van der Waals surface area contributed by atoms with Crippen molar-refractivity contribution in [1.82, 2.24) is 5.32 Å². The standard InChI is InChI=1S/C20H13ClN2OS/c21-16-8-5-13(6-9-16)11-18-19(24)23-20(25-18)22-17-10-7-14-3-1-2-4-15(14)12-17/h1-12H,(H,22,23,24)/b18-11+. The first-order valence-corrected chi connectivity index (χ1v) is 8.91. The van der Waals surface area contributed by atoms with Gasteiger partial charge in [-0.05, 0) is 58.4 Å². The average Bonchev–Trinajstić information content (AvgIpc) is 2.96. The summed E-state index contributed by atoms with van der Waals surface area (Å²) >= 11 is 7.22. The number of nitrogens with zero attached hydrogens (tertiary/aromatic N) is 1. The molecule has 122 valence electrons. The van der Waals surface area contributed by atoms with Gasteiger partial charge in [-0.2, -0.15) is 0 Å². The van der Waals surface area contributed by atoms with Gasteiger partial charge in [-0.3, -0.25) is 4.79 Å². The van der Waals surface area contributed by atoms with E-state index < -0.39 is 0 Å². The molecule has 0 atom stereocenters. The van der Waals surface area contributed by atoms with E-state index in [0.29, 0.717) is 15.1 Å². The van der Waals surface area contributed by atoms with E-state index in [-0.39, 0.29) is 5.91 Å². The molecule has 1 aliphatic rings. The third kappa shape index (κ3) is 3.60. The minimum absolute atomic E-state index is 0.139. The Bertz CT molecular complexity index is 1030. The molecule has 0 saturated carbocycles. The number of amidine groups is 1. The zero-order valence-corrected chi connectivity index (χ0v) is 14.6. The highest BCUT2D eigenvalue weighted by atomic mass is 35.5. The van der Waals surface area contributed by atoms with Crippen LogP contribution in [0.15, 0.2) is 76.6 Å². The van der Waals surface area contributed by atoms with Crippen molar-refractivity contribution in [3.8, 4) is 0 Å². The quantitative estimate of drug-likeness (QED) is 0.620. The van der Waals surface area contributed by atoms with Gasteiger partial charge in [0.15, 0.2) is 5.17 Å². The monoisotopic (exact) mass is 364 g/mol. The van der Waals surface area contributed by atoms with E-state index in [0.717, 1.165) is 22.0 Å². The maximum absolute atomic E-state index is 12.2. The molecule has 0 bridgehead atoms. The summed E-state index contributed by atoms with van der Waals surface area (Å²) in [5.74, 6) is -0.139. The highest BCUT2D eigenvalue weighted by Crippen LogP contribution is 2.29. The number of amides is 1. The highest BCUT2D eigenvalue weighted by Gasteiger charge is 2.23. The number of carbonyl (C=O) groups excluding carboxylic acids is 1.